The lowest BCUT2D eigenvalue weighted by atomic mass is 9.72. The molecule has 0 bridgehead atoms. The number of hydrogen-bond acceptors (Lipinski definition) is 4. The minimum Gasteiger partial charge on any atom is -0.353 e. The van der Waals surface area contributed by atoms with Crippen molar-refractivity contribution in [3.05, 3.63) is 0 Å². The third-order valence-corrected chi connectivity index (χ3v) is 7.28. The minimum atomic E-state index is 0.153. The molecule has 4 aliphatic rings. The van der Waals surface area contributed by atoms with Gasteiger partial charge in [-0.3, -0.25) is 14.9 Å². The molecule has 3 aliphatic carbocycles. The largest absolute Gasteiger partial charge is 0.353 e. The van der Waals surface area contributed by atoms with Crippen LogP contribution < -0.4 is 16.1 Å². The summed E-state index contributed by atoms with van der Waals surface area (Å²) in [6.07, 6.45) is 13.7. The third kappa shape index (κ3) is 3.88. The lowest BCUT2D eigenvalue weighted by Gasteiger charge is -2.36. The molecule has 3 N–H and O–H groups in total. The number of hydroxylamine groups is 1. The zero-order chi connectivity index (χ0) is 17.2. The van der Waals surface area contributed by atoms with E-state index in [0.717, 1.165) is 18.8 Å². The van der Waals surface area contributed by atoms with Crippen LogP contribution in [0.25, 0.3) is 0 Å². The standard InChI is InChI=1S/C20H35N3O2/c1-2-18-22-19(23-25-18)14-9-10-16-13(12-14)8-11-17(16)20(24)21-15-6-4-3-5-7-15/h13-19,22-23H,2-12H2,1H3,(H,21,24). The lowest BCUT2D eigenvalue weighted by Crippen LogP contribution is -2.45. The fourth-order valence-electron chi connectivity index (χ4n) is 5.83. The van der Waals surface area contributed by atoms with E-state index < -0.39 is 0 Å². The second-order valence-corrected chi connectivity index (χ2v) is 8.80. The van der Waals surface area contributed by atoms with Crippen LogP contribution in [0.3, 0.4) is 0 Å². The monoisotopic (exact) mass is 349 g/mol. The summed E-state index contributed by atoms with van der Waals surface area (Å²) in [6.45, 7) is 2.14. The number of hydrogen-bond donors (Lipinski definition) is 3. The van der Waals surface area contributed by atoms with E-state index in [9.17, 15) is 4.79 Å². The highest BCUT2D eigenvalue weighted by Crippen LogP contribution is 2.48. The molecular weight excluding hydrogens is 314 g/mol. The molecule has 1 heterocycles. The Balaban J connectivity index is 1.29. The zero-order valence-corrected chi connectivity index (χ0v) is 15.6. The first kappa shape index (κ1) is 17.7. The fourth-order valence-corrected chi connectivity index (χ4v) is 5.83. The molecule has 1 amide bonds. The summed E-state index contributed by atoms with van der Waals surface area (Å²) in [5.41, 5.74) is 3.20. The van der Waals surface area contributed by atoms with Crippen molar-refractivity contribution >= 4 is 5.91 Å². The Morgan fingerprint density at radius 3 is 2.60 bits per heavy atom. The summed E-state index contributed by atoms with van der Waals surface area (Å²) in [5.74, 6) is 2.62. The summed E-state index contributed by atoms with van der Waals surface area (Å²) in [4.78, 5) is 18.4. The fraction of sp³-hybridized carbons (Fsp3) is 0.950. The molecule has 142 valence electrons. The molecular formula is C20H35N3O2. The summed E-state index contributed by atoms with van der Waals surface area (Å²) in [6, 6.07) is 0.451. The summed E-state index contributed by atoms with van der Waals surface area (Å²) >= 11 is 0. The molecule has 0 aromatic rings. The van der Waals surface area contributed by atoms with Crippen molar-refractivity contribution in [2.24, 2.45) is 23.7 Å². The maximum absolute atomic E-state index is 12.8. The zero-order valence-electron chi connectivity index (χ0n) is 15.6. The Hall–Kier alpha value is -0.650. The second-order valence-electron chi connectivity index (χ2n) is 8.80. The summed E-state index contributed by atoms with van der Waals surface area (Å²) < 4.78 is 0. The third-order valence-electron chi connectivity index (χ3n) is 7.28. The number of nitrogens with one attached hydrogen (secondary N) is 3. The van der Waals surface area contributed by atoms with Crippen molar-refractivity contribution in [2.45, 2.75) is 96.0 Å². The highest BCUT2D eigenvalue weighted by atomic mass is 16.7. The molecule has 6 unspecified atom stereocenters. The van der Waals surface area contributed by atoms with Crippen molar-refractivity contribution in [1.82, 2.24) is 16.1 Å². The van der Waals surface area contributed by atoms with Gasteiger partial charge in [-0.15, -0.1) is 0 Å². The van der Waals surface area contributed by atoms with Crippen LogP contribution in [-0.2, 0) is 9.63 Å². The van der Waals surface area contributed by atoms with Crippen molar-refractivity contribution < 1.29 is 9.63 Å². The molecule has 1 aliphatic heterocycles. The average molecular weight is 350 g/mol. The first-order valence-electron chi connectivity index (χ1n) is 10.7. The number of fused-ring (bicyclic) bond motifs is 1. The van der Waals surface area contributed by atoms with Crippen LogP contribution in [0.15, 0.2) is 0 Å². The second kappa shape index (κ2) is 7.93. The molecule has 1 saturated heterocycles. The topological polar surface area (TPSA) is 62.4 Å². The predicted octanol–water partition coefficient (Wildman–Crippen LogP) is 3.06. The highest BCUT2D eigenvalue weighted by Gasteiger charge is 2.45. The molecule has 6 atom stereocenters. The van der Waals surface area contributed by atoms with Crippen molar-refractivity contribution in [2.75, 3.05) is 0 Å². The van der Waals surface area contributed by atoms with Gasteiger partial charge in [0, 0.05) is 12.0 Å². The van der Waals surface area contributed by atoms with Gasteiger partial charge in [0.1, 0.15) is 6.23 Å². The van der Waals surface area contributed by atoms with Crippen LogP contribution in [0, 0.1) is 23.7 Å². The molecule has 4 rings (SSSR count). The van der Waals surface area contributed by atoms with Crippen LogP contribution in [0.5, 0.6) is 0 Å². The number of carbonyl (C=O) groups excluding carboxylic acids is 1. The van der Waals surface area contributed by atoms with Crippen molar-refractivity contribution in [3.63, 3.8) is 0 Å². The maximum atomic E-state index is 12.8. The SMILES string of the molecule is CCC1NC(C2CCC3C(CCC3C(=O)NC3CCCCC3)C2)NO1. The van der Waals surface area contributed by atoms with E-state index in [2.05, 4.69) is 23.0 Å². The molecule has 4 fully saturated rings. The lowest BCUT2D eigenvalue weighted by molar-refractivity contribution is -0.127. The van der Waals surface area contributed by atoms with Crippen molar-refractivity contribution in [3.8, 4) is 0 Å². The van der Waals surface area contributed by atoms with Gasteiger partial charge in [-0.1, -0.05) is 26.2 Å². The molecule has 0 aromatic carbocycles. The Kier molecular flexibility index (Phi) is 5.63. The number of rotatable bonds is 4. The van der Waals surface area contributed by atoms with E-state index in [-0.39, 0.29) is 12.1 Å². The van der Waals surface area contributed by atoms with E-state index in [1.54, 1.807) is 0 Å². The molecule has 0 radical (unpaired) electrons. The number of carbonyl (C=O) groups is 1. The van der Waals surface area contributed by atoms with Gasteiger partial charge in [0.15, 0.2) is 0 Å². The quantitative estimate of drug-likeness (QED) is 0.730. The first-order chi connectivity index (χ1) is 12.2. The van der Waals surface area contributed by atoms with Gasteiger partial charge in [-0.2, -0.15) is 5.48 Å². The van der Waals surface area contributed by atoms with Gasteiger partial charge in [-0.05, 0) is 69.1 Å². The predicted molar refractivity (Wildman–Crippen MR) is 97.3 cm³/mol. The van der Waals surface area contributed by atoms with Gasteiger partial charge in [0.25, 0.3) is 0 Å². The van der Waals surface area contributed by atoms with Crippen molar-refractivity contribution in [1.29, 1.82) is 0 Å². The summed E-state index contributed by atoms with van der Waals surface area (Å²) in [5, 5.41) is 6.96. The molecule has 25 heavy (non-hydrogen) atoms. The molecule has 3 saturated carbocycles. The molecule has 5 heteroatoms. The van der Waals surface area contributed by atoms with E-state index in [0.29, 0.717) is 30.0 Å². The average Bonchev–Trinajstić information content (AvgIpc) is 3.29. The maximum Gasteiger partial charge on any atom is 0.223 e. The summed E-state index contributed by atoms with van der Waals surface area (Å²) in [7, 11) is 0. The van der Waals surface area contributed by atoms with E-state index >= 15 is 0 Å². The van der Waals surface area contributed by atoms with Crippen LogP contribution in [0.1, 0.15) is 77.6 Å². The number of amides is 1. The Morgan fingerprint density at radius 2 is 1.84 bits per heavy atom. The molecule has 0 aromatic heterocycles. The van der Waals surface area contributed by atoms with Gasteiger partial charge in [0.05, 0.1) is 6.17 Å². The van der Waals surface area contributed by atoms with Gasteiger partial charge < -0.3 is 5.32 Å². The van der Waals surface area contributed by atoms with Crippen LogP contribution >= 0.6 is 0 Å². The van der Waals surface area contributed by atoms with Crippen LogP contribution in [0.2, 0.25) is 0 Å². The van der Waals surface area contributed by atoms with Gasteiger partial charge in [0.2, 0.25) is 5.91 Å². The molecule has 5 nitrogen and oxygen atoms in total. The van der Waals surface area contributed by atoms with Gasteiger partial charge >= 0.3 is 0 Å². The van der Waals surface area contributed by atoms with E-state index in [1.165, 1.54) is 57.8 Å². The Labute approximate surface area is 152 Å². The van der Waals surface area contributed by atoms with Gasteiger partial charge in [-0.25, -0.2) is 0 Å². The van der Waals surface area contributed by atoms with E-state index in [1.807, 2.05) is 0 Å². The normalized spacial score (nSPS) is 42.3. The smallest absolute Gasteiger partial charge is 0.223 e. The minimum absolute atomic E-state index is 0.153. The first-order valence-corrected chi connectivity index (χ1v) is 10.7. The van der Waals surface area contributed by atoms with Crippen LogP contribution in [0.4, 0.5) is 0 Å². The Morgan fingerprint density at radius 1 is 1.04 bits per heavy atom. The van der Waals surface area contributed by atoms with Crippen LogP contribution in [-0.4, -0.2) is 24.3 Å². The van der Waals surface area contributed by atoms with E-state index in [4.69, 9.17) is 4.84 Å². The molecule has 0 spiro atoms. The Bertz CT molecular complexity index is 466. The highest BCUT2D eigenvalue weighted by molar-refractivity contribution is 5.79.